The van der Waals surface area contributed by atoms with Crippen LogP contribution in [0.2, 0.25) is 0 Å². The maximum atomic E-state index is 13.0. The third kappa shape index (κ3) is 2.95. The molecule has 0 aromatic heterocycles. The summed E-state index contributed by atoms with van der Waals surface area (Å²) < 4.78 is 26.0. The Balaban J connectivity index is 2.06. The molecule has 1 fully saturated rings. The van der Waals surface area contributed by atoms with Crippen LogP contribution in [0.15, 0.2) is 18.2 Å². The second-order valence-corrected chi connectivity index (χ2v) is 5.13. The lowest BCUT2D eigenvalue weighted by atomic mass is 9.86. The standard InChI is InChI=1S/C14H15F2NO3/c15-10-5-9(6-11(16)7-10)12(18)17-8-14(13(19)20)3-1-2-4-14/h5-7H,1-4,8H2,(H,17,18)(H,19,20). The number of aliphatic carboxylic acids is 1. The van der Waals surface area contributed by atoms with Crippen LogP contribution in [0.3, 0.4) is 0 Å². The molecule has 0 saturated heterocycles. The van der Waals surface area contributed by atoms with Crippen molar-refractivity contribution in [3.05, 3.63) is 35.4 Å². The molecule has 0 radical (unpaired) electrons. The summed E-state index contributed by atoms with van der Waals surface area (Å²) in [5.41, 5.74) is -1.11. The highest BCUT2D eigenvalue weighted by molar-refractivity contribution is 5.94. The SMILES string of the molecule is O=C(NCC1(C(=O)O)CCCC1)c1cc(F)cc(F)c1. The molecule has 0 bridgehead atoms. The number of hydrogen-bond donors (Lipinski definition) is 2. The molecule has 0 aliphatic heterocycles. The van der Waals surface area contributed by atoms with E-state index >= 15 is 0 Å². The van der Waals surface area contributed by atoms with Gasteiger partial charge in [0.1, 0.15) is 11.6 Å². The number of rotatable bonds is 4. The van der Waals surface area contributed by atoms with Crippen LogP contribution >= 0.6 is 0 Å². The Bertz CT molecular complexity index is 519. The average molecular weight is 283 g/mol. The number of carboxylic acids is 1. The fourth-order valence-electron chi connectivity index (χ4n) is 2.55. The monoisotopic (exact) mass is 283 g/mol. The van der Waals surface area contributed by atoms with Crippen LogP contribution in [0, 0.1) is 17.0 Å². The van der Waals surface area contributed by atoms with Gasteiger partial charge < -0.3 is 10.4 Å². The number of nitrogens with one attached hydrogen (secondary N) is 1. The van der Waals surface area contributed by atoms with E-state index in [1.807, 2.05) is 0 Å². The topological polar surface area (TPSA) is 66.4 Å². The van der Waals surface area contributed by atoms with Crippen molar-refractivity contribution in [1.82, 2.24) is 5.32 Å². The summed E-state index contributed by atoms with van der Waals surface area (Å²) in [6.45, 7) is -0.0285. The van der Waals surface area contributed by atoms with Crippen LogP contribution in [0.25, 0.3) is 0 Å². The highest BCUT2D eigenvalue weighted by Gasteiger charge is 2.41. The van der Waals surface area contributed by atoms with E-state index in [0.717, 1.165) is 25.0 Å². The number of carboxylic acid groups (broad SMARTS) is 1. The molecule has 1 aliphatic rings. The van der Waals surface area contributed by atoms with E-state index in [1.54, 1.807) is 0 Å². The van der Waals surface area contributed by atoms with Gasteiger partial charge in [0.25, 0.3) is 5.91 Å². The molecule has 1 saturated carbocycles. The molecular formula is C14H15F2NO3. The summed E-state index contributed by atoms with van der Waals surface area (Å²) in [5.74, 6) is -3.30. The zero-order valence-electron chi connectivity index (χ0n) is 10.8. The van der Waals surface area contributed by atoms with Crippen molar-refractivity contribution < 1.29 is 23.5 Å². The van der Waals surface area contributed by atoms with Crippen molar-refractivity contribution in [2.45, 2.75) is 25.7 Å². The Morgan fingerprint density at radius 2 is 1.70 bits per heavy atom. The van der Waals surface area contributed by atoms with E-state index in [0.29, 0.717) is 18.9 Å². The zero-order chi connectivity index (χ0) is 14.8. The van der Waals surface area contributed by atoms with Crippen LogP contribution in [-0.2, 0) is 4.79 Å². The molecule has 6 heteroatoms. The maximum absolute atomic E-state index is 13.0. The lowest BCUT2D eigenvalue weighted by Gasteiger charge is -2.23. The van der Waals surface area contributed by atoms with E-state index in [-0.39, 0.29) is 12.1 Å². The van der Waals surface area contributed by atoms with Crippen LogP contribution in [0.5, 0.6) is 0 Å². The van der Waals surface area contributed by atoms with E-state index in [4.69, 9.17) is 0 Å². The van der Waals surface area contributed by atoms with Gasteiger partial charge in [0.05, 0.1) is 5.41 Å². The van der Waals surface area contributed by atoms with Crippen molar-refractivity contribution in [3.8, 4) is 0 Å². The van der Waals surface area contributed by atoms with Gasteiger partial charge >= 0.3 is 5.97 Å². The largest absolute Gasteiger partial charge is 0.481 e. The molecular weight excluding hydrogens is 268 g/mol. The Morgan fingerprint density at radius 1 is 1.15 bits per heavy atom. The first-order valence-corrected chi connectivity index (χ1v) is 6.41. The van der Waals surface area contributed by atoms with Gasteiger partial charge in [-0.2, -0.15) is 0 Å². The predicted octanol–water partition coefficient (Wildman–Crippen LogP) is 2.34. The molecule has 1 aromatic rings. The number of halogens is 2. The first-order valence-electron chi connectivity index (χ1n) is 6.41. The van der Waals surface area contributed by atoms with Gasteiger partial charge in [0.2, 0.25) is 0 Å². The third-order valence-corrected chi connectivity index (χ3v) is 3.73. The second kappa shape index (κ2) is 5.56. The average Bonchev–Trinajstić information content (AvgIpc) is 2.84. The maximum Gasteiger partial charge on any atom is 0.311 e. The minimum absolute atomic E-state index is 0.0285. The first kappa shape index (κ1) is 14.4. The van der Waals surface area contributed by atoms with Crippen LogP contribution < -0.4 is 5.32 Å². The normalized spacial score (nSPS) is 16.9. The van der Waals surface area contributed by atoms with Crippen LogP contribution in [0.1, 0.15) is 36.0 Å². The second-order valence-electron chi connectivity index (χ2n) is 5.13. The molecule has 0 unspecified atom stereocenters. The minimum atomic E-state index is -0.957. The lowest BCUT2D eigenvalue weighted by molar-refractivity contribution is -0.148. The van der Waals surface area contributed by atoms with Gasteiger partial charge in [-0.3, -0.25) is 9.59 Å². The third-order valence-electron chi connectivity index (χ3n) is 3.73. The predicted molar refractivity (Wildman–Crippen MR) is 67.2 cm³/mol. The molecule has 0 spiro atoms. The molecule has 0 heterocycles. The summed E-state index contributed by atoms with van der Waals surface area (Å²) in [6.07, 6.45) is 2.60. The fourth-order valence-corrected chi connectivity index (χ4v) is 2.55. The van der Waals surface area contributed by atoms with Crippen molar-refractivity contribution in [2.24, 2.45) is 5.41 Å². The van der Waals surface area contributed by atoms with Crippen molar-refractivity contribution in [1.29, 1.82) is 0 Å². The number of amides is 1. The van der Waals surface area contributed by atoms with Gasteiger partial charge in [0, 0.05) is 18.2 Å². The highest BCUT2D eigenvalue weighted by Crippen LogP contribution is 2.37. The number of benzene rings is 1. The molecule has 2 rings (SSSR count). The van der Waals surface area contributed by atoms with Crippen LogP contribution in [-0.4, -0.2) is 23.5 Å². The summed E-state index contributed by atoms with van der Waals surface area (Å²) in [6, 6.07) is 2.51. The van der Waals surface area contributed by atoms with E-state index in [1.165, 1.54) is 0 Å². The molecule has 1 aromatic carbocycles. The summed E-state index contributed by atoms with van der Waals surface area (Å²) >= 11 is 0. The molecule has 1 amide bonds. The molecule has 1 aliphatic carbocycles. The van der Waals surface area contributed by atoms with Gasteiger partial charge in [-0.25, -0.2) is 8.78 Å². The lowest BCUT2D eigenvalue weighted by Crippen LogP contribution is -2.41. The molecule has 0 atom stereocenters. The molecule has 2 N–H and O–H groups in total. The van der Waals surface area contributed by atoms with Crippen molar-refractivity contribution in [3.63, 3.8) is 0 Å². The number of carbonyl (C=O) groups is 2. The van der Waals surface area contributed by atoms with Gasteiger partial charge in [-0.15, -0.1) is 0 Å². The molecule has 108 valence electrons. The molecule has 4 nitrogen and oxygen atoms in total. The van der Waals surface area contributed by atoms with Crippen LogP contribution in [0.4, 0.5) is 8.78 Å². The van der Waals surface area contributed by atoms with Crippen molar-refractivity contribution >= 4 is 11.9 Å². The summed E-state index contributed by atoms with van der Waals surface area (Å²) in [4.78, 5) is 23.1. The number of hydrogen-bond acceptors (Lipinski definition) is 2. The number of carbonyl (C=O) groups excluding carboxylic acids is 1. The Kier molecular flexibility index (Phi) is 4.01. The zero-order valence-corrected chi connectivity index (χ0v) is 10.8. The Labute approximate surface area is 114 Å². The van der Waals surface area contributed by atoms with E-state index < -0.39 is 28.9 Å². The summed E-state index contributed by atoms with van der Waals surface area (Å²) in [7, 11) is 0. The van der Waals surface area contributed by atoms with Gasteiger partial charge in [-0.05, 0) is 25.0 Å². The Hall–Kier alpha value is -1.98. The van der Waals surface area contributed by atoms with Gasteiger partial charge in [0.15, 0.2) is 0 Å². The van der Waals surface area contributed by atoms with Gasteiger partial charge in [-0.1, -0.05) is 12.8 Å². The molecule has 20 heavy (non-hydrogen) atoms. The highest BCUT2D eigenvalue weighted by atomic mass is 19.1. The summed E-state index contributed by atoms with van der Waals surface area (Å²) in [5, 5.41) is 11.7. The van der Waals surface area contributed by atoms with E-state index in [2.05, 4.69) is 5.32 Å². The van der Waals surface area contributed by atoms with Crippen molar-refractivity contribution in [2.75, 3.05) is 6.54 Å². The fraction of sp³-hybridized carbons (Fsp3) is 0.429. The first-order chi connectivity index (χ1) is 9.43. The van der Waals surface area contributed by atoms with E-state index in [9.17, 15) is 23.5 Å². The minimum Gasteiger partial charge on any atom is -0.481 e. The smallest absolute Gasteiger partial charge is 0.311 e. The quantitative estimate of drug-likeness (QED) is 0.891. The Morgan fingerprint density at radius 3 is 2.20 bits per heavy atom.